The first-order valence-corrected chi connectivity index (χ1v) is 5.89. The highest BCUT2D eigenvalue weighted by molar-refractivity contribution is 7.21. The van der Waals surface area contributed by atoms with E-state index < -0.39 is 0 Å². The third-order valence-corrected chi connectivity index (χ3v) is 3.51. The van der Waals surface area contributed by atoms with Crippen LogP contribution in [0.1, 0.15) is 5.56 Å². The summed E-state index contributed by atoms with van der Waals surface area (Å²) in [6.45, 7) is 0. The van der Waals surface area contributed by atoms with E-state index in [1.165, 1.54) is 0 Å². The number of fused-ring (bicyclic) bond motifs is 1. The third-order valence-electron chi connectivity index (χ3n) is 2.43. The Labute approximate surface area is 102 Å². The van der Waals surface area contributed by atoms with Crippen LogP contribution in [0.25, 0.3) is 20.8 Å². The first-order chi connectivity index (χ1) is 8.36. The van der Waals surface area contributed by atoms with E-state index in [2.05, 4.69) is 16.0 Å². The Hall–Kier alpha value is -2.25. The van der Waals surface area contributed by atoms with E-state index in [1.807, 2.05) is 30.3 Å². The number of hydrogen-bond donors (Lipinski definition) is 0. The van der Waals surface area contributed by atoms with Crippen LogP contribution in [0.3, 0.4) is 0 Å². The monoisotopic (exact) mass is 237 g/mol. The average Bonchev–Trinajstić information content (AvgIpc) is 2.82. The van der Waals surface area contributed by atoms with Crippen LogP contribution in [-0.2, 0) is 0 Å². The molecule has 0 N–H and O–H groups in total. The van der Waals surface area contributed by atoms with Gasteiger partial charge in [0, 0.05) is 18.0 Å². The van der Waals surface area contributed by atoms with Crippen LogP contribution in [0.15, 0.2) is 42.7 Å². The molecule has 0 unspecified atom stereocenters. The van der Waals surface area contributed by atoms with Crippen molar-refractivity contribution >= 4 is 21.6 Å². The maximum absolute atomic E-state index is 8.84. The van der Waals surface area contributed by atoms with Crippen molar-refractivity contribution in [3.63, 3.8) is 0 Å². The number of aromatic nitrogens is 2. The van der Waals surface area contributed by atoms with E-state index in [4.69, 9.17) is 5.26 Å². The zero-order chi connectivity index (χ0) is 11.7. The van der Waals surface area contributed by atoms with Crippen molar-refractivity contribution in [2.24, 2.45) is 0 Å². The lowest BCUT2D eigenvalue weighted by atomic mass is 10.2. The summed E-state index contributed by atoms with van der Waals surface area (Å²) in [5.41, 5.74) is 2.51. The number of nitrogens with zero attached hydrogens (tertiary/aromatic N) is 3. The largest absolute Gasteiger partial charge is 0.264 e. The fourth-order valence-electron chi connectivity index (χ4n) is 1.61. The lowest BCUT2D eigenvalue weighted by Gasteiger charge is -1.91. The van der Waals surface area contributed by atoms with Crippen molar-refractivity contribution in [1.29, 1.82) is 5.26 Å². The Balaban J connectivity index is 2.18. The highest BCUT2D eigenvalue weighted by Gasteiger charge is 2.06. The Bertz CT molecular complexity index is 710. The SMILES string of the molecule is N#Cc1ccc2sc(-c3cccnc3)nc2c1. The molecular formula is C13H7N3S. The van der Waals surface area contributed by atoms with Gasteiger partial charge in [-0.1, -0.05) is 0 Å². The molecule has 4 heteroatoms. The molecule has 0 radical (unpaired) electrons. The smallest absolute Gasteiger partial charge is 0.126 e. The first kappa shape index (κ1) is 9.94. The number of nitriles is 1. The predicted molar refractivity (Wildman–Crippen MR) is 67.6 cm³/mol. The second-order valence-electron chi connectivity index (χ2n) is 3.56. The van der Waals surface area contributed by atoms with Gasteiger partial charge in [0.2, 0.25) is 0 Å². The fourth-order valence-corrected chi connectivity index (χ4v) is 2.55. The maximum atomic E-state index is 8.84. The quantitative estimate of drug-likeness (QED) is 0.652. The van der Waals surface area contributed by atoms with Crippen molar-refractivity contribution in [2.75, 3.05) is 0 Å². The highest BCUT2D eigenvalue weighted by atomic mass is 32.1. The highest BCUT2D eigenvalue weighted by Crippen LogP contribution is 2.29. The second kappa shape index (κ2) is 3.96. The van der Waals surface area contributed by atoms with Gasteiger partial charge in [0.1, 0.15) is 5.01 Å². The normalized spacial score (nSPS) is 10.3. The molecule has 2 aromatic heterocycles. The molecular weight excluding hydrogens is 230 g/mol. The molecule has 3 nitrogen and oxygen atoms in total. The molecule has 0 saturated carbocycles. The van der Waals surface area contributed by atoms with Gasteiger partial charge in [-0.2, -0.15) is 5.26 Å². The van der Waals surface area contributed by atoms with Crippen LogP contribution >= 0.6 is 11.3 Å². The van der Waals surface area contributed by atoms with Crippen molar-refractivity contribution in [3.8, 4) is 16.6 Å². The molecule has 0 aliphatic rings. The Morgan fingerprint density at radius 3 is 2.94 bits per heavy atom. The van der Waals surface area contributed by atoms with Gasteiger partial charge in [-0.15, -0.1) is 11.3 Å². The minimum atomic E-state index is 0.639. The maximum Gasteiger partial charge on any atom is 0.126 e. The molecule has 0 saturated heterocycles. The van der Waals surface area contributed by atoms with Crippen LogP contribution in [0, 0.1) is 11.3 Å². The number of pyridine rings is 1. The van der Waals surface area contributed by atoms with Crippen molar-refractivity contribution in [3.05, 3.63) is 48.3 Å². The summed E-state index contributed by atoms with van der Waals surface area (Å²) < 4.78 is 1.09. The summed E-state index contributed by atoms with van der Waals surface area (Å²) in [7, 11) is 0. The minimum absolute atomic E-state index is 0.639. The Kier molecular flexibility index (Phi) is 2.32. The van der Waals surface area contributed by atoms with E-state index >= 15 is 0 Å². The fraction of sp³-hybridized carbons (Fsp3) is 0. The molecule has 3 aromatic rings. The van der Waals surface area contributed by atoms with Crippen molar-refractivity contribution in [2.45, 2.75) is 0 Å². The number of benzene rings is 1. The van der Waals surface area contributed by atoms with E-state index in [0.29, 0.717) is 5.56 Å². The second-order valence-corrected chi connectivity index (χ2v) is 4.59. The summed E-state index contributed by atoms with van der Waals surface area (Å²) in [5, 5.41) is 9.77. The zero-order valence-electron chi connectivity index (χ0n) is 8.79. The molecule has 17 heavy (non-hydrogen) atoms. The summed E-state index contributed by atoms with van der Waals surface area (Å²) in [5.74, 6) is 0. The average molecular weight is 237 g/mol. The minimum Gasteiger partial charge on any atom is -0.264 e. The predicted octanol–water partition coefficient (Wildman–Crippen LogP) is 3.23. The Morgan fingerprint density at radius 2 is 2.18 bits per heavy atom. The van der Waals surface area contributed by atoms with Crippen molar-refractivity contribution in [1.82, 2.24) is 9.97 Å². The molecule has 0 aliphatic carbocycles. The molecule has 0 spiro atoms. The van der Waals surface area contributed by atoms with Crippen LogP contribution < -0.4 is 0 Å². The van der Waals surface area contributed by atoms with E-state index in [-0.39, 0.29) is 0 Å². The van der Waals surface area contributed by atoms with Gasteiger partial charge in [0.05, 0.1) is 21.8 Å². The summed E-state index contributed by atoms with van der Waals surface area (Å²) in [6, 6.07) is 11.6. The third kappa shape index (κ3) is 1.77. The molecule has 0 amide bonds. The van der Waals surface area contributed by atoms with Gasteiger partial charge in [-0.05, 0) is 30.3 Å². The van der Waals surface area contributed by atoms with Gasteiger partial charge in [-0.25, -0.2) is 4.98 Å². The molecule has 0 aliphatic heterocycles. The van der Waals surface area contributed by atoms with E-state index in [0.717, 1.165) is 20.8 Å². The number of hydrogen-bond acceptors (Lipinski definition) is 4. The molecule has 1 aromatic carbocycles. The topological polar surface area (TPSA) is 49.6 Å². The Morgan fingerprint density at radius 1 is 1.24 bits per heavy atom. The molecule has 0 bridgehead atoms. The van der Waals surface area contributed by atoms with Crippen molar-refractivity contribution < 1.29 is 0 Å². The lowest BCUT2D eigenvalue weighted by molar-refractivity contribution is 1.32. The van der Waals surface area contributed by atoms with Crippen LogP contribution in [0.2, 0.25) is 0 Å². The standard InChI is InChI=1S/C13H7N3S/c14-7-9-3-4-12-11(6-9)16-13(17-12)10-2-1-5-15-8-10/h1-6,8H. The molecule has 0 atom stereocenters. The van der Waals surface area contributed by atoms with Gasteiger partial charge < -0.3 is 0 Å². The number of thiazole rings is 1. The van der Waals surface area contributed by atoms with E-state index in [1.54, 1.807) is 23.7 Å². The lowest BCUT2D eigenvalue weighted by Crippen LogP contribution is -1.77. The molecule has 0 fully saturated rings. The van der Waals surface area contributed by atoms with E-state index in [9.17, 15) is 0 Å². The van der Waals surface area contributed by atoms with Crippen LogP contribution in [0.5, 0.6) is 0 Å². The molecule has 3 rings (SSSR count). The zero-order valence-corrected chi connectivity index (χ0v) is 9.61. The van der Waals surface area contributed by atoms with Crippen LogP contribution in [0.4, 0.5) is 0 Å². The number of rotatable bonds is 1. The van der Waals surface area contributed by atoms with Crippen LogP contribution in [-0.4, -0.2) is 9.97 Å². The summed E-state index contributed by atoms with van der Waals surface area (Å²) in [6.07, 6.45) is 3.54. The summed E-state index contributed by atoms with van der Waals surface area (Å²) in [4.78, 5) is 8.60. The van der Waals surface area contributed by atoms with Gasteiger partial charge in [-0.3, -0.25) is 4.98 Å². The first-order valence-electron chi connectivity index (χ1n) is 5.08. The van der Waals surface area contributed by atoms with Gasteiger partial charge in [0.25, 0.3) is 0 Å². The van der Waals surface area contributed by atoms with Gasteiger partial charge >= 0.3 is 0 Å². The van der Waals surface area contributed by atoms with Gasteiger partial charge in [0.15, 0.2) is 0 Å². The molecule has 80 valence electrons. The summed E-state index contributed by atoms with van der Waals surface area (Å²) >= 11 is 1.61. The molecule has 2 heterocycles.